The van der Waals surface area contributed by atoms with Gasteiger partial charge in [0.15, 0.2) is 0 Å². The predicted octanol–water partition coefficient (Wildman–Crippen LogP) is 2.02. The Morgan fingerprint density at radius 2 is 1.91 bits per heavy atom. The van der Waals surface area contributed by atoms with Crippen molar-refractivity contribution < 1.29 is 0 Å². The third-order valence-electron chi connectivity index (χ3n) is 1.89. The Bertz CT molecular complexity index is 255. The third kappa shape index (κ3) is 1.43. The van der Waals surface area contributed by atoms with E-state index in [1.54, 1.807) is 0 Å². The van der Waals surface area contributed by atoms with Gasteiger partial charge in [-0.15, -0.1) is 0 Å². The molecule has 0 saturated carbocycles. The maximum atomic E-state index is 3.26. The van der Waals surface area contributed by atoms with Crippen molar-refractivity contribution >= 4 is 6.08 Å². The van der Waals surface area contributed by atoms with Crippen LogP contribution in [0.25, 0.3) is 6.08 Å². The first-order valence-electron chi connectivity index (χ1n) is 3.95. The van der Waals surface area contributed by atoms with Gasteiger partial charge in [-0.05, 0) is 11.6 Å². The topological polar surface area (TPSA) is 12.0 Å². The Balaban J connectivity index is 2.17. The van der Waals surface area contributed by atoms with Crippen LogP contribution in [-0.2, 0) is 0 Å². The van der Waals surface area contributed by atoms with Gasteiger partial charge in [-0.3, -0.25) is 0 Å². The van der Waals surface area contributed by atoms with Gasteiger partial charge in [0, 0.05) is 18.7 Å². The number of hydrogen-bond acceptors (Lipinski definition) is 1. The Hall–Kier alpha value is -1.24. The molecule has 1 aliphatic heterocycles. The van der Waals surface area contributed by atoms with Crippen molar-refractivity contribution in [3.05, 3.63) is 41.6 Å². The van der Waals surface area contributed by atoms with Crippen molar-refractivity contribution in [3.63, 3.8) is 0 Å². The van der Waals surface area contributed by atoms with Crippen LogP contribution in [0.3, 0.4) is 0 Å². The van der Waals surface area contributed by atoms with E-state index in [1.807, 2.05) is 6.07 Å². The summed E-state index contributed by atoms with van der Waals surface area (Å²) in [4.78, 5) is 0. The molecule has 1 aromatic carbocycles. The van der Waals surface area contributed by atoms with Crippen molar-refractivity contribution in [1.82, 2.24) is 5.32 Å². The van der Waals surface area contributed by atoms with E-state index in [0.717, 1.165) is 6.54 Å². The summed E-state index contributed by atoms with van der Waals surface area (Å²) < 4.78 is 0. The maximum absolute atomic E-state index is 3.26. The smallest absolute Gasteiger partial charge is 0.0198 e. The molecule has 0 unspecified atom stereocenters. The second-order valence-electron chi connectivity index (χ2n) is 2.76. The number of rotatable bonds is 1. The van der Waals surface area contributed by atoms with Gasteiger partial charge in [-0.25, -0.2) is 0 Å². The zero-order valence-electron chi connectivity index (χ0n) is 6.38. The fourth-order valence-electron chi connectivity index (χ4n) is 1.14. The molecule has 1 aromatic rings. The molecule has 2 rings (SSSR count). The average molecular weight is 145 g/mol. The Morgan fingerprint density at radius 3 is 2.45 bits per heavy atom. The molecule has 0 spiro atoms. The summed E-state index contributed by atoms with van der Waals surface area (Å²) in [5, 5.41) is 3.26. The summed E-state index contributed by atoms with van der Waals surface area (Å²) >= 11 is 0. The van der Waals surface area contributed by atoms with Crippen molar-refractivity contribution in [2.75, 3.05) is 6.54 Å². The van der Waals surface area contributed by atoms with Crippen LogP contribution in [0.4, 0.5) is 0 Å². The summed E-state index contributed by atoms with van der Waals surface area (Å²) in [5.74, 6) is 0. The lowest BCUT2D eigenvalue weighted by atomic mass is 10.1. The second kappa shape index (κ2) is 2.79. The van der Waals surface area contributed by atoms with E-state index in [9.17, 15) is 0 Å². The highest BCUT2D eigenvalue weighted by Gasteiger charge is 2.04. The van der Waals surface area contributed by atoms with Gasteiger partial charge < -0.3 is 5.32 Å². The molecule has 1 heterocycles. The van der Waals surface area contributed by atoms with Gasteiger partial charge in [-0.1, -0.05) is 30.3 Å². The van der Waals surface area contributed by atoms with E-state index < -0.39 is 0 Å². The summed E-state index contributed by atoms with van der Waals surface area (Å²) in [6, 6.07) is 10.4. The van der Waals surface area contributed by atoms with Crippen LogP contribution in [0.15, 0.2) is 36.0 Å². The highest BCUT2D eigenvalue weighted by atomic mass is 14.9. The fourth-order valence-corrected chi connectivity index (χ4v) is 1.14. The minimum absolute atomic E-state index is 1.14. The summed E-state index contributed by atoms with van der Waals surface area (Å²) in [6.07, 6.45) is 3.40. The van der Waals surface area contributed by atoms with E-state index in [-0.39, 0.29) is 0 Å². The van der Waals surface area contributed by atoms with Crippen molar-refractivity contribution in [2.45, 2.75) is 6.42 Å². The largest absolute Gasteiger partial charge is 0.388 e. The van der Waals surface area contributed by atoms with Crippen LogP contribution in [0, 0.1) is 0 Å². The molecule has 56 valence electrons. The second-order valence-corrected chi connectivity index (χ2v) is 2.76. The standard InChI is InChI=1S/C10H11N/c1-2-4-9(5-3-1)8-10-6-7-11-10/h1-5,8,11H,6-7H2. The monoisotopic (exact) mass is 145 g/mol. The van der Waals surface area contributed by atoms with Crippen LogP contribution in [0.2, 0.25) is 0 Å². The van der Waals surface area contributed by atoms with Crippen LogP contribution in [-0.4, -0.2) is 6.54 Å². The van der Waals surface area contributed by atoms with Crippen molar-refractivity contribution in [1.29, 1.82) is 0 Å². The molecule has 0 radical (unpaired) electrons. The highest BCUT2D eigenvalue weighted by molar-refractivity contribution is 5.53. The Morgan fingerprint density at radius 1 is 1.18 bits per heavy atom. The average Bonchev–Trinajstić information content (AvgIpc) is 1.99. The fraction of sp³-hybridized carbons (Fsp3) is 0.200. The molecule has 1 fully saturated rings. The number of hydrogen-bond donors (Lipinski definition) is 1. The first-order chi connectivity index (χ1) is 5.45. The Kier molecular flexibility index (Phi) is 1.64. The van der Waals surface area contributed by atoms with Crippen LogP contribution in [0.1, 0.15) is 12.0 Å². The molecule has 1 nitrogen and oxygen atoms in total. The van der Waals surface area contributed by atoms with Crippen LogP contribution >= 0.6 is 0 Å². The molecular formula is C10H11N. The van der Waals surface area contributed by atoms with Crippen molar-refractivity contribution in [3.8, 4) is 0 Å². The minimum Gasteiger partial charge on any atom is -0.388 e. The normalized spacial score (nSPS) is 19.1. The number of nitrogens with one attached hydrogen (secondary N) is 1. The molecule has 0 aliphatic carbocycles. The summed E-state index contributed by atoms with van der Waals surface area (Å²) in [5.41, 5.74) is 2.64. The van der Waals surface area contributed by atoms with Gasteiger partial charge in [0.05, 0.1) is 0 Å². The maximum Gasteiger partial charge on any atom is 0.0198 e. The van der Waals surface area contributed by atoms with Crippen LogP contribution in [0.5, 0.6) is 0 Å². The van der Waals surface area contributed by atoms with Gasteiger partial charge in [0.25, 0.3) is 0 Å². The lowest BCUT2D eigenvalue weighted by molar-refractivity contribution is 0.641. The lowest BCUT2D eigenvalue weighted by Crippen LogP contribution is -2.27. The van der Waals surface area contributed by atoms with Gasteiger partial charge in [-0.2, -0.15) is 0 Å². The third-order valence-corrected chi connectivity index (χ3v) is 1.89. The first kappa shape index (κ1) is 6.47. The molecular weight excluding hydrogens is 134 g/mol. The quantitative estimate of drug-likeness (QED) is 0.637. The van der Waals surface area contributed by atoms with Gasteiger partial charge in [0.1, 0.15) is 0 Å². The highest BCUT2D eigenvalue weighted by Crippen LogP contribution is 2.11. The molecule has 0 amide bonds. The van der Waals surface area contributed by atoms with E-state index in [1.165, 1.54) is 17.7 Å². The first-order valence-corrected chi connectivity index (χ1v) is 3.95. The van der Waals surface area contributed by atoms with Gasteiger partial charge in [0.2, 0.25) is 0 Å². The van der Waals surface area contributed by atoms with Crippen molar-refractivity contribution in [2.24, 2.45) is 0 Å². The lowest BCUT2D eigenvalue weighted by Gasteiger charge is -2.19. The number of benzene rings is 1. The molecule has 0 aromatic heterocycles. The Labute approximate surface area is 66.7 Å². The van der Waals surface area contributed by atoms with E-state index in [2.05, 4.69) is 35.7 Å². The van der Waals surface area contributed by atoms with Gasteiger partial charge >= 0.3 is 0 Å². The molecule has 0 atom stereocenters. The zero-order chi connectivity index (χ0) is 7.52. The minimum atomic E-state index is 1.14. The predicted molar refractivity (Wildman–Crippen MR) is 47.0 cm³/mol. The molecule has 0 bridgehead atoms. The summed E-state index contributed by atoms with van der Waals surface area (Å²) in [6.45, 7) is 1.14. The zero-order valence-corrected chi connectivity index (χ0v) is 6.38. The van der Waals surface area contributed by atoms with Crippen LogP contribution < -0.4 is 5.32 Å². The molecule has 1 saturated heterocycles. The van der Waals surface area contributed by atoms with E-state index in [4.69, 9.17) is 0 Å². The molecule has 1 heteroatoms. The molecule has 11 heavy (non-hydrogen) atoms. The van der Waals surface area contributed by atoms with E-state index >= 15 is 0 Å². The van der Waals surface area contributed by atoms with E-state index in [0.29, 0.717) is 0 Å². The SMILES string of the molecule is C(=C1CCN1)c1ccccc1. The summed E-state index contributed by atoms with van der Waals surface area (Å²) in [7, 11) is 0. The molecule has 1 aliphatic rings. The molecule has 1 N–H and O–H groups in total.